The predicted octanol–water partition coefficient (Wildman–Crippen LogP) is 4.14. The standard InChI is InChI=1S/C13H19BrN2/c1-3-10-4-5-11(7-10)16-12-6-9(2)13(14)15-8-12/h6,8,10-11,16H,3-5,7H2,1-2H3. The van der Waals surface area contributed by atoms with Gasteiger partial charge in [-0.05, 0) is 59.7 Å². The SMILES string of the molecule is CCC1CCC(Nc2cnc(Br)c(C)c2)C1. The van der Waals surface area contributed by atoms with Gasteiger partial charge in [0, 0.05) is 6.04 Å². The maximum absolute atomic E-state index is 4.31. The summed E-state index contributed by atoms with van der Waals surface area (Å²) >= 11 is 3.42. The molecular weight excluding hydrogens is 264 g/mol. The maximum Gasteiger partial charge on any atom is 0.109 e. The van der Waals surface area contributed by atoms with Gasteiger partial charge >= 0.3 is 0 Å². The number of anilines is 1. The Labute approximate surface area is 106 Å². The molecule has 2 rings (SSSR count). The summed E-state index contributed by atoms with van der Waals surface area (Å²) < 4.78 is 0.941. The van der Waals surface area contributed by atoms with Gasteiger partial charge in [0.1, 0.15) is 4.60 Å². The van der Waals surface area contributed by atoms with Gasteiger partial charge in [0.05, 0.1) is 11.9 Å². The predicted molar refractivity (Wildman–Crippen MR) is 71.7 cm³/mol. The first kappa shape index (κ1) is 11.9. The molecule has 0 spiro atoms. The molecule has 3 heteroatoms. The van der Waals surface area contributed by atoms with E-state index in [-0.39, 0.29) is 0 Å². The zero-order chi connectivity index (χ0) is 11.5. The van der Waals surface area contributed by atoms with Crippen molar-refractivity contribution < 1.29 is 0 Å². The molecule has 1 fully saturated rings. The van der Waals surface area contributed by atoms with E-state index < -0.39 is 0 Å². The lowest BCUT2D eigenvalue weighted by atomic mass is 10.1. The van der Waals surface area contributed by atoms with Crippen LogP contribution in [0.2, 0.25) is 0 Å². The van der Waals surface area contributed by atoms with Crippen LogP contribution in [0.3, 0.4) is 0 Å². The summed E-state index contributed by atoms with van der Waals surface area (Å²) in [4.78, 5) is 4.31. The quantitative estimate of drug-likeness (QED) is 0.843. The van der Waals surface area contributed by atoms with Gasteiger partial charge in [0.25, 0.3) is 0 Å². The molecule has 1 N–H and O–H groups in total. The van der Waals surface area contributed by atoms with Crippen LogP contribution in [0.1, 0.15) is 38.2 Å². The molecule has 1 aromatic rings. The minimum Gasteiger partial charge on any atom is -0.381 e. The highest BCUT2D eigenvalue weighted by molar-refractivity contribution is 9.10. The molecule has 1 heterocycles. The number of rotatable bonds is 3. The Bertz CT molecular complexity index is 365. The Hall–Kier alpha value is -0.570. The summed E-state index contributed by atoms with van der Waals surface area (Å²) in [6.45, 7) is 4.37. The molecule has 2 atom stereocenters. The van der Waals surface area contributed by atoms with Crippen LogP contribution >= 0.6 is 15.9 Å². The second-order valence-electron chi connectivity index (χ2n) is 4.76. The van der Waals surface area contributed by atoms with Crippen molar-refractivity contribution in [3.63, 3.8) is 0 Å². The lowest BCUT2D eigenvalue weighted by Crippen LogP contribution is -2.15. The Morgan fingerprint density at radius 2 is 2.31 bits per heavy atom. The number of pyridine rings is 1. The molecule has 2 nitrogen and oxygen atoms in total. The Balaban J connectivity index is 1.97. The second-order valence-corrected chi connectivity index (χ2v) is 5.51. The number of nitrogens with zero attached hydrogens (tertiary/aromatic N) is 1. The summed E-state index contributed by atoms with van der Waals surface area (Å²) in [6, 6.07) is 2.81. The van der Waals surface area contributed by atoms with E-state index in [4.69, 9.17) is 0 Å². The Morgan fingerprint density at radius 3 is 2.94 bits per heavy atom. The fraction of sp³-hybridized carbons (Fsp3) is 0.615. The summed E-state index contributed by atoms with van der Waals surface area (Å²) in [5.74, 6) is 0.919. The van der Waals surface area contributed by atoms with Crippen LogP contribution in [0.5, 0.6) is 0 Å². The molecule has 0 amide bonds. The van der Waals surface area contributed by atoms with Crippen molar-refractivity contribution in [2.45, 2.75) is 45.6 Å². The monoisotopic (exact) mass is 282 g/mol. The van der Waals surface area contributed by atoms with Crippen LogP contribution in [-0.2, 0) is 0 Å². The Kier molecular flexibility index (Phi) is 3.85. The second kappa shape index (κ2) is 5.17. The number of aromatic nitrogens is 1. The van der Waals surface area contributed by atoms with Crippen molar-refractivity contribution in [2.24, 2.45) is 5.92 Å². The van der Waals surface area contributed by atoms with Crippen LogP contribution in [0, 0.1) is 12.8 Å². The lowest BCUT2D eigenvalue weighted by molar-refractivity contribution is 0.525. The van der Waals surface area contributed by atoms with Crippen molar-refractivity contribution in [3.05, 3.63) is 22.4 Å². The Morgan fingerprint density at radius 1 is 1.50 bits per heavy atom. The topological polar surface area (TPSA) is 24.9 Å². The van der Waals surface area contributed by atoms with E-state index in [1.165, 1.54) is 31.2 Å². The van der Waals surface area contributed by atoms with E-state index in [0.29, 0.717) is 6.04 Å². The van der Waals surface area contributed by atoms with E-state index in [9.17, 15) is 0 Å². The summed E-state index contributed by atoms with van der Waals surface area (Å²) in [7, 11) is 0. The van der Waals surface area contributed by atoms with E-state index in [1.807, 2.05) is 6.20 Å². The fourth-order valence-corrected chi connectivity index (χ4v) is 2.67. The molecule has 0 radical (unpaired) electrons. The average molecular weight is 283 g/mol. The van der Waals surface area contributed by atoms with Crippen molar-refractivity contribution in [3.8, 4) is 0 Å². The molecule has 1 aromatic heterocycles. The van der Waals surface area contributed by atoms with Crippen LogP contribution in [0.15, 0.2) is 16.9 Å². The minimum atomic E-state index is 0.646. The third-order valence-electron chi connectivity index (χ3n) is 3.50. The van der Waals surface area contributed by atoms with Gasteiger partial charge in [-0.2, -0.15) is 0 Å². The lowest BCUT2D eigenvalue weighted by Gasteiger charge is -2.14. The third kappa shape index (κ3) is 2.76. The van der Waals surface area contributed by atoms with Crippen molar-refractivity contribution in [1.29, 1.82) is 0 Å². The van der Waals surface area contributed by atoms with Gasteiger partial charge in [-0.3, -0.25) is 0 Å². The van der Waals surface area contributed by atoms with Crippen molar-refractivity contribution >= 4 is 21.6 Å². The first-order chi connectivity index (χ1) is 7.69. The van der Waals surface area contributed by atoms with Crippen LogP contribution < -0.4 is 5.32 Å². The molecule has 0 aromatic carbocycles. The molecule has 1 saturated carbocycles. The molecule has 0 aliphatic heterocycles. The van der Waals surface area contributed by atoms with Gasteiger partial charge in [-0.1, -0.05) is 13.3 Å². The maximum atomic E-state index is 4.31. The normalized spacial score (nSPS) is 24.7. The number of nitrogens with one attached hydrogen (secondary N) is 1. The smallest absolute Gasteiger partial charge is 0.109 e. The van der Waals surface area contributed by atoms with E-state index in [1.54, 1.807) is 0 Å². The largest absolute Gasteiger partial charge is 0.381 e. The molecule has 0 bridgehead atoms. The zero-order valence-electron chi connectivity index (χ0n) is 9.96. The molecule has 0 saturated heterocycles. The summed E-state index contributed by atoms with van der Waals surface area (Å²) in [5, 5.41) is 3.59. The summed E-state index contributed by atoms with van der Waals surface area (Å²) in [6.07, 6.45) is 7.21. The molecule has 16 heavy (non-hydrogen) atoms. The molecule has 88 valence electrons. The van der Waals surface area contributed by atoms with Gasteiger partial charge in [0.2, 0.25) is 0 Å². The fourth-order valence-electron chi connectivity index (χ4n) is 2.45. The molecule has 1 aliphatic carbocycles. The highest BCUT2D eigenvalue weighted by Gasteiger charge is 2.23. The first-order valence-corrected chi connectivity index (χ1v) is 6.87. The highest BCUT2D eigenvalue weighted by atomic mass is 79.9. The van der Waals surface area contributed by atoms with E-state index in [0.717, 1.165) is 16.2 Å². The highest BCUT2D eigenvalue weighted by Crippen LogP contribution is 2.30. The van der Waals surface area contributed by atoms with Gasteiger partial charge in [-0.25, -0.2) is 4.98 Å². The number of hydrogen-bond donors (Lipinski definition) is 1. The van der Waals surface area contributed by atoms with E-state index in [2.05, 4.69) is 46.1 Å². The van der Waals surface area contributed by atoms with Crippen molar-refractivity contribution in [1.82, 2.24) is 4.98 Å². The van der Waals surface area contributed by atoms with Crippen LogP contribution in [0.25, 0.3) is 0 Å². The number of aryl methyl sites for hydroxylation is 1. The van der Waals surface area contributed by atoms with Crippen molar-refractivity contribution in [2.75, 3.05) is 5.32 Å². The van der Waals surface area contributed by atoms with E-state index >= 15 is 0 Å². The molecule has 1 aliphatic rings. The molecular formula is C13H19BrN2. The van der Waals surface area contributed by atoms with Gasteiger partial charge in [0.15, 0.2) is 0 Å². The first-order valence-electron chi connectivity index (χ1n) is 6.07. The minimum absolute atomic E-state index is 0.646. The molecule has 2 unspecified atom stereocenters. The number of hydrogen-bond acceptors (Lipinski definition) is 2. The van der Waals surface area contributed by atoms with Crippen LogP contribution in [0.4, 0.5) is 5.69 Å². The van der Waals surface area contributed by atoms with Gasteiger partial charge in [-0.15, -0.1) is 0 Å². The third-order valence-corrected chi connectivity index (χ3v) is 4.33. The van der Waals surface area contributed by atoms with Gasteiger partial charge < -0.3 is 5.32 Å². The zero-order valence-corrected chi connectivity index (χ0v) is 11.5. The summed E-state index contributed by atoms with van der Waals surface area (Å²) in [5.41, 5.74) is 2.34. The average Bonchev–Trinajstić information content (AvgIpc) is 2.71. The number of halogens is 1. The van der Waals surface area contributed by atoms with Crippen LogP contribution in [-0.4, -0.2) is 11.0 Å².